The van der Waals surface area contributed by atoms with E-state index in [1.165, 1.54) is 0 Å². The first-order valence-corrected chi connectivity index (χ1v) is 2.92. The van der Waals surface area contributed by atoms with Gasteiger partial charge in [-0.1, -0.05) is 0 Å². The molecule has 0 fully saturated rings. The van der Waals surface area contributed by atoms with E-state index in [0.717, 1.165) is 12.8 Å². The second kappa shape index (κ2) is 5.10. The third-order valence-corrected chi connectivity index (χ3v) is 0.962. The summed E-state index contributed by atoms with van der Waals surface area (Å²) in [4.78, 5) is 10.1. The number of carbonyl (C=O) groups excluding carboxylic acids is 1. The van der Waals surface area contributed by atoms with Gasteiger partial charge in [-0.05, 0) is 12.8 Å². The number of carbonyl (C=O) groups is 1. The van der Waals surface area contributed by atoms with E-state index in [1.54, 1.807) is 0 Å². The number of amides is 1. The fourth-order valence-electron chi connectivity index (χ4n) is 0.503. The number of nitrogens with two attached hydrogens (primary N) is 1. The highest BCUT2D eigenvalue weighted by Crippen LogP contribution is 1.96. The predicted molar refractivity (Wildman–Crippen MR) is 33.3 cm³/mol. The molecule has 0 rings (SSSR count). The lowest BCUT2D eigenvalue weighted by molar-refractivity contribution is -0.118. The highest BCUT2D eigenvalue weighted by Gasteiger charge is 1.91. The van der Waals surface area contributed by atoms with Crippen molar-refractivity contribution >= 4 is 5.91 Å². The maximum Gasteiger partial charge on any atom is 0.217 e. The van der Waals surface area contributed by atoms with Crippen molar-refractivity contribution in [3.05, 3.63) is 0 Å². The summed E-state index contributed by atoms with van der Waals surface area (Å²) < 4.78 is 0. The zero-order valence-electron chi connectivity index (χ0n) is 5.26. The van der Waals surface area contributed by atoms with Crippen LogP contribution in [-0.4, -0.2) is 5.91 Å². The molecule has 50 valence electrons. The molecule has 2 N–H and O–H groups in total. The Kier molecular flexibility index (Phi) is 4.51. The Morgan fingerprint density at radius 1 is 1.56 bits per heavy atom. The van der Waals surface area contributed by atoms with Crippen molar-refractivity contribution in [1.82, 2.24) is 0 Å². The first-order valence-electron chi connectivity index (χ1n) is 2.92. The molecule has 9 heavy (non-hydrogen) atoms. The second-order valence-corrected chi connectivity index (χ2v) is 1.83. The highest BCUT2D eigenvalue weighted by molar-refractivity contribution is 5.73. The topological polar surface area (TPSA) is 66.9 Å². The average molecular weight is 126 g/mol. The van der Waals surface area contributed by atoms with Gasteiger partial charge in [0.25, 0.3) is 0 Å². The summed E-state index contributed by atoms with van der Waals surface area (Å²) in [5.41, 5.74) is 4.85. The summed E-state index contributed by atoms with van der Waals surface area (Å²) in [6.07, 6.45) is 2.44. The molecule has 0 unspecified atom stereocenters. The minimum absolute atomic E-state index is 0.284. The van der Waals surface area contributed by atoms with Gasteiger partial charge in [-0.25, -0.2) is 0 Å². The Hall–Kier alpha value is -1.04. The third kappa shape index (κ3) is 6.96. The summed E-state index contributed by atoms with van der Waals surface area (Å²) in [7, 11) is 0. The molecular weight excluding hydrogens is 116 g/mol. The summed E-state index contributed by atoms with van der Waals surface area (Å²) >= 11 is 0. The zero-order valence-corrected chi connectivity index (χ0v) is 5.26. The lowest BCUT2D eigenvalue weighted by Crippen LogP contribution is -2.09. The zero-order chi connectivity index (χ0) is 7.11. The van der Waals surface area contributed by atoms with E-state index in [4.69, 9.17) is 11.0 Å². The Labute approximate surface area is 54.5 Å². The molecule has 0 atom stereocenters. The molecule has 3 nitrogen and oxygen atoms in total. The molecule has 0 bridgehead atoms. The minimum Gasteiger partial charge on any atom is -0.370 e. The van der Waals surface area contributed by atoms with Crippen LogP contribution in [0.2, 0.25) is 0 Å². The summed E-state index contributed by atoms with van der Waals surface area (Å²) in [6, 6.07) is 1.99. The van der Waals surface area contributed by atoms with Crippen LogP contribution in [0.3, 0.4) is 0 Å². The Bertz CT molecular complexity index is 126. The van der Waals surface area contributed by atoms with E-state index in [0.29, 0.717) is 12.8 Å². The number of nitriles is 1. The maximum absolute atomic E-state index is 10.1. The summed E-state index contributed by atoms with van der Waals surface area (Å²) in [5, 5.41) is 8.07. The van der Waals surface area contributed by atoms with Gasteiger partial charge in [0.2, 0.25) is 5.91 Å². The Morgan fingerprint density at radius 3 is 2.67 bits per heavy atom. The molecule has 0 aromatic carbocycles. The van der Waals surface area contributed by atoms with Gasteiger partial charge in [0.05, 0.1) is 6.07 Å². The molecular formula is C6H10N2O. The van der Waals surface area contributed by atoms with Crippen molar-refractivity contribution in [2.45, 2.75) is 25.7 Å². The predicted octanol–water partition coefficient (Wildman–Crippen LogP) is 0.556. The van der Waals surface area contributed by atoms with Gasteiger partial charge in [0, 0.05) is 12.8 Å². The van der Waals surface area contributed by atoms with Crippen molar-refractivity contribution in [1.29, 1.82) is 5.26 Å². The molecule has 0 aliphatic heterocycles. The van der Waals surface area contributed by atoms with Crippen LogP contribution in [0.15, 0.2) is 0 Å². The fourth-order valence-corrected chi connectivity index (χ4v) is 0.503. The molecule has 0 heterocycles. The smallest absolute Gasteiger partial charge is 0.217 e. The number of hydrogen-bond donors (Lipinski definition) is 1. The molecule has 3 heteroatoms. The largest absolute Gasteiger partial charge is 0.370 e. The van der Waals surface area contributed by atoms with Gasteiger partial charge in [-0.15, -0.1) is 0 Å². The van der Waals surface area contributed by atoms with Gasteiger partial charge in [-0.3, -0.25) is 4.79 Å². The quantitative estimate of drug-likeness (QED) is 0.559. The van der Waals surface area contributed by atoms with E-state index in [9.17, 15) is 4.79 Å². The van der Waals surface area contributed by atoms with Crippen LogP contribution in [0.5, 0.6) is 0 Å². The van der Waals surface area contributed by atoms with E-state index in [2.05, 4.69) is 0 Å². The molecule has 0 aliphatic rings. The number of nitrogens with zero attached hydrogens (tertiary/aromatic N) is 1. The number of hydrogen-bond acceptors (Lipinski definition) is 2. The van der Waals surface area contributed by atoms with Crippen LogP contribution in [0, 0.1) is 11.3 Å². The van der Waals surface area contributed by atoms with Crippen LogP contribution < -0.4 is 5.73 Å². The highest BCUT2D eigenvalue weighted by atomic mass is 16.1. The number of unbranched alkanes of at least 4 members (excludes halogenated alkanes) is 2. The lowest BCUT2D eigenvalue weighted by atomic mass is 10.2. The molecule has 0 aliphatic carbocycles. The van der Waals surface area contributed by atoms with Crippen LogP contribution in [0.25, 0.3) is 0 Å². The van der Waals surface area contributed by atoms with Crippen molar-refractivity contribution in [2.75, 3.05) is 0 Å². The fraction of sp³-hybridized carbons (Fsp3) is 0.667. The lowest BCUT2D eigenvalue weighted by Gasteiger charge is -1.89. The first-order chi connectivity index (χ1) is 4.27. The third-order valence-electron chi connectivity index (χ3n) is 0.962. The van der Waals surface area contributed by atoms with E-state index >= 15 is 0 Å². The van der Waals surface area contributed by atoms with Crippen LogP contribution in [0.4, 0.5) is 0 Å². The summed E-state index contributed by atoms with van der Waals surface area (Å²) in [6.45, 7) is 0. The van der Waals surface area contributed by atoms with Crippen LogP contribution in [0.1, 0.15) is 25.7 Å². The number of primary amides is 1. The first kappa shape index (κ1) is 7.96. The Morgan fingerprint density at radius 2 is 2.22 bits per heavy atom. The van der Waals surface area contributed by atoms with Crippen LogP contribution >= 0.6 is 0 Å². The molecule has 0 saturated carbocycles. The normalized spacial score (nSPS) is 8.33. The van der Waals surface area contributed by atoms with Crippen molar-refractivity contribution in [2.24, 2.45) is 5.73 Å². The van der Waals surface area contributed by atoms with Gasteiger partial charge in [0.1, 0.15) is 0 Å². The Balaban J connectivity index is 2.94. The monoisotopic (exact) mass is 126 g/mol. The second-order valence-electron chi connectivity index (χ2n) is 1.83. The molecule has 0 aromatic heterocycles. The van der Waals surface area contributed by atoms with Crippen LogP contribution in [-0.2, 0) is 4.79 Å². The maximum atomic E-state index is 10.1. The number of rotatable bonds is 4. The van der Waals surface area contributed by atoms with E-state index < -0.39 is 0 Å². The van der Waals surface area contributed by atoms with Gasteiger partial charge in [-0.2, -0.15) is 5.26 Å². The summed E-state index contributed by atoms with van der Waals surface area (Å²) in [5.74, 6) is -0.284. The minimum atomic E-state index is -0.284. The average Bonchev–Trinajstić information content (AvgIpc) is 1.80. The van der Waals surface area contributed by atoms with Crippen molar-refractivity contribution < 1.29 is 4.79 Å². The van der Waals surface area contributed by atoms with Gasteiger partial charge >= 0.3 is 0 Å². The molecule has 0 saturated heterocycles. The molecule has 0 aromatic rings. The molecule has 1 amide bonds. The SMILES string of the molecule is N#CCCCCC(N)=O. The van der Waals surface area contributed by atoms with Gasteiger partial charge < -0.3 is 5.73 Å². The molecule has 0 spiro atoms. The molecule has 0 radical (unpaired) electrons. The standard InChI is InChI=1S/C6H10N2O/c7-5-3-1-2-4-6(8)9/h1-4H2,(H2,8,9). The van der Waals surface area contributed by atoms with Crippen molar-refractivity contribution in [3.8, 4) is 6.07 Å². The van der Waals surface area contributed by atoms with E-state index in [-0.39, 0.29) is 5.91 Å². The van der Waals surface area contributed by atoms with Gasteiger partial charge in [0.15, 0.2) is 0 Å². The van der Waals surface area contributed by atoms with E-state index in [1.807, 2.05) is 6.07 Å². The van der Waals surface area contributed by atoms with Crippen molar-refractivity contribution in [3.63, 3.8) is 0 Å².